The molecule has 0 radical (unpaired) electrons. The van der Waals surface area contributed by atoms with Crippen molar-refractivity contribution >= 4 is 23.6 Å². The number of fused-ring (bicyclic) bond motifs is 1. The average molecular weight is 468 g/mol. The van der Waals surface area contributed by atoms with Crippen LogP contribution in [0.4, 0.5) is 0 Å². The smallest absolute Gasteiger partial charge is 0.340 e. The van der Waals surface area contributed by atoms with Crippen LogP contribution in [-0.2, 0) is 22.5 Å². The molecule has 172 valence electrons. The maximum Gasteiger partial charge on any atom is 0.340 e. The van der Waals surface area contributed by atoms with Gasteiger partial charge < -0.3 is 19.1 Å². The number of amides is 1. The largest absolute Gasteiger partial charge is 0.493 e. The molecule has 1 saturated carbocycles. The Balaban J connectivity index is 1.45. The summed E-state index contributed by atoms with van der Waals surface area (Å²) in [5, 5.41) is 10.1. The van der Waals surface area contributed by atoms with Crippen LogP contribution >= 0.6 is 11.8 Å². The summed E-state index contributed by atoms with van der Waals surface area (Å²) in [6.07, 6.45) is 4.52. The summed E-state index contributed by atoms with van der Waals surface area (Å²) < 4.78 is 16.1. The lowest BCUT2D eigenvalue weighted by molar-refractivity contribution is -0.135. The highest BCUT2D eigenvalue weighted by atomic mass is 32.2. The molecule has 8 nitrogen and oxygen atoms in total. The third kappa shape index (κ3) is 4.76. The van der Waals surface area contributed by atoms with Gasteiger partial charge in [0.05, 0.1) is 25.3 Å². The third-order valence-corrected chi connectivity index (χ3v) is 6.61. The molecular formula is C24H25N3O5S. The number of carbonyl (C=O) groups excluding carboxylic acids is 2. The highest BCUT2D eigenvalue weighted by Crippen LogP contribution is 2.40. The van der Waals surface area contributed by atoms with Gasteiger partial charge in [-0.05, 0) is 54.8 Å². The van der Waals surface area contributed by atoms with E-state index in [0.717, 1.165) is 29.7 Å². The molecule has 4 rings (SSSR count). The van der Waals surface area contributed by atoms with Crippen LogP contribution in [0.15, 0.2) is 23.2 Å². The number of benzene rings is 1. The fraction of sp³-hybridized carbons (Fsp3) is 0.417. The topological polar surface area (TPSA) is 102 Å². The fourth-order valence-electron chi connectivity index (χ4n) is 3.94. The Bertz CT molecular complexity index is 1140. The molecule has 1 amide bonds. The zero-order valence-electron chi connectivity index (χ0n) is 18.8. The van der Waals surface area contributed by atoms with E-state index in [0.29, 0.717) is 42.0 Å². The molecule has 9 heteroatoms. The zero-order valence-corrected chi connectivity index (χ0v) is 19.7. The number of aromatic nitrogens is 1. The summed E-state index contributed by atoms with van der Waals surface area (Å²) in [7, 11) is 3.16. The van der Waals surface area contributed by atoms with E-state index in [2.05, 4.69) is 11.1 Å². The van der Waals surface area contributed by atoms with Crippen LogP contribution in [0.3, 0.4) is 0 Å². The Labute approximate surface area is 196 Å². The van der Waals surface area contributed by atoms with E-state index < -0.39 is 5.97 Å². The van der Waals surface area contributed by atoms with Crippen LogP contribution in [0.25, 0.3) is 0 Å². The van der Waals surface area contributed by atoms with Crippen molar-refractivity contribution in [1.82, 2.24) is 9.88 Å². The maximum atomic E-state index is 12.8. The van der Waals surface area contributed by atoms with Crippen LogP contribution in [0, 0.1) is 11.3 Å². The van der Waals surface area contributed by atoms with Crippen LogP contribution < -0.4 is 9.47 Å². The summed E-state index contributed by atoms with van der Waals surface area (Å²) in [5.74, 6) is 0.619. The number of pyridine rings is 1. The first-order valence-electron chi connectivity index (χ1n) is 10.7. The summed E-state index contributed by atoms with van der Waals surface area (Å²) >= 11 is 1.32. The van der Waals surface area contributed by atoms with Gasteiger partial charge in [0, 0.05) is 24.7 Å². The molecule has 1 aliphatic heterocycles. The predicted molar refractivity (Wildman–Crippen MR) is 122 cm³/mol. The molecule has 0 unspecified atom stereocenters. The van der Waals surface area contributed by atoms with E-state index in [9.17, 15) is 14.9 Å². The molecule has 0 spiro atoms. The van der Waals surface area contributed by atoms with Crippen molar-refractivity contribution in [3.63, 3.8) is 0 Å². The molecular weight excluding hydrogens is 442 g/mol. The SMILES string of the molecule is COc1cc2c(cc1OC)CN(C(=O)COC(=O)c1cc(C3CC3)nc(SC)c1C#N)CC2. The van der Waals surface area contributed by atoms with Crippen LogP contribution in [0.1, 0.15) is 51.5 Å². The monoisotopic (exact) mass is 467 g/mol. The minimum atomic E-state index is -0.677. The number of carbonyl (C=O) groups is 2. The minimum absolute atomic E-state index is 0.173. The van der Waals surface area contributed by atoms with Gasteiger partial charge in [-0.3, -0.25) is 4.79 Å². The molecule has 2 aliphatic rings. The lowest BCUT2D eigenvalue weighted by Gasteiger charge is -2.29. The van der Waals surface area contributed by atoms with Crippen molar-refractivity contribution < 1.29 is 23.8 Å². The minimum Gasteiger partial charge on any atom is -0.493 e. The first-order chi connectivity index (χ1) is 16.0. The lowest BCUT2D eigenvalue weighted by Crippen LogP contribution is -2.38. The number of rotatable bonds is 7. The quantitative estimate of drug-likeness (QED) is 0.452. The van der Waals surface area contributed by atoms with E-state index >= 15 is 0 Å². The highest BCUT2D eigenvalue weighted by Gasteiger charge is 2.29. The van der Waals surface area contributed by atoms with Crippen molar-refractivity contribution in [1.29, 1.82) is 5.26 Å². The Morgan fingerprint density at radius 3 is 2.48 bits per heavy atom. The van der Waals surface area contributed by atoms with Crippen LogP contribution in [-0.4, -0.2) is 55.4 Å². The Hall–Kier alpha value is -3.25. The van der Waals surface area contributed by atoms with Crippen LogP contribution in [0.5, 0.6) is 11.5 Å². The molecule has 0 N–H and O–H groups in total. The average Bonchev–Trinajstić information content (AvgIpc) is 3.70. The number of thioether (sulfide) groups is 1. The summed E-state index contributed by atoms with van der Waals surface area (Å²) in [5.41, 5.74) is 3.23. The van der Waals surface area contributed by atoms with Crippen LogP contribution in [0.2, 0.25) is 0 Å². The number of hydrogen-bond donors (Lipinski definition) is 0. The van der Waals surface area contributed by atoms with Gasteiger partial charge in [-0.25, -0.2) is 9.78 Å². The molecule has 0 saturated heterocycles. The first kappa shape index (κ1) is 22.9. The Kier molecular flexibility index (Phi) is 6.75. The molecule has 2 aromatic rings. The van der Waals surface area contributed by atoms with E-state index in [4.69, 9.17) is 14.2 Å². The number of hydrogen-bond acceptors (Lipinski definition) is 8. The maximum absolute atomic E-state index is 12.8. The molecule has 1 aromatic carbocycles. The molecule has 1 fully saturated rings. The third-order valence-electron chi connectivity index (χ3n) is 5.92. The highest BCUT2D eigenvalue weighted by molar-refractivity contribution is 7.98. The zero-order chi connectivity index (χ0) is 23.5. The van der Waals surface area contributed by atoms with Crippen molar-refractivity contribution in [2.75, 3.05) is 33.6 Å². The Morgan fingerprint density at radius 2 is 1.88 bits per heavy atom. The second-order valence-corrected chi connectivity index (χ2v) is 8.78. The van der Waals surface area contributed by atoms with Gasteiger partial charge in [-0.15, -0.1) is 11.8 Å². The lowest BCUT2D eigenvalue weighted by atomic mass is 9.99. The number of methoxy groups -OCH3 is 2. The molecule has 2 heterocycles. The standard InChI is InChI=1S/C24H25N3O5S/c1-30-20-8-15-6-7-27(12-16(15)9-21(20)31-2)22(28)13-32-24(29)17-10-19(14-4-5-14)26-23(33-3)18(17)11-25/h8-10,14H,4-7,12-13H2,1-3H3. The fourth-order valence-corrected chi connectivity index (χ4v) is 4.49. The molecule has 0 atom stereocenters. The van der Waals surface area contributed by atoms with Gasteiger partial charge in [0.1, 0.15) is 11.1 Å². The van der Waals surface area contributed by atoms with Gasteiger partial charge in [0.25, 0.3) is 5.91 Å². The summed E-state index contributed by atoms with van der Waals surface area (Å²) in [6.45, 7) is 0.523. The Morgan fingerprint density at radius 1 is 1.18 bits per heavy atom. The first-order valence-corrected chi connectivity index (χ1v) is 11.9. The number of ether oxygens (including phenoxy) is 3. The number of nitrogens with zero attached hydrogens (tertiary/aromatic N) is 3. The van der Waals surface area contributed by atoms with Gasteiger partial charge in [0.15, 0.2) is 18.1 Å². The molecule has 1 aromatic heterocycles. The van der Waals surface area contributed by atoms with Gasteiger partial charge >= 0.3 is 5.97 Å². The van der Waals surface area contributed by atoms with Gasteiger partial charge in [0.2, 0.25) is 0 Å². The summed E-state index contributed by atoms with van der Waals surface area (Å²) in [6, 6.07) is 7.51. The second-order valence-electron chi connectivity index (χ2n) is 7.98. The van der Waals surface area contributed by atoms with E-state index in [1.807, 2.05) is 18.4 Å². The van der Waals surface area contributed by atoms with Gasteiger partial charge in [-0.1, -0.05) is 0 Å². The molecule has 0 bridgehead atoms. The summed E-state index contributed by atoms with van der Waals surface area (Å²) in [4.78, 5) is 31.8. The number of nitriles is 1. The normalized spacial score (nSPS) is 14.8. The molecule has 33 heavy (non-hydrogen) atoms. The number of esters is 1. The predicted octanol–water partition coefficient (Wildman–Crippen LogP) is 3.31. The van der Waals surface area contributed by atoms with Gasteiger partial charge in [-0.2, -0.15) is 5.26 Å². The second kappa shape index (κ2) is 9.71. The molecule has 1 aliphatic carbocycles. The van der Waals surface area contributed by atoms with Crippen molar-refractivity contribution in [3.8, 4) is 17.6 Å². The van der Waals surface area contributed by atoms with E-state index in [1.165, 1.54) is 11.8 Å². The van der Waals surface area contributed by atoms with Crippen molar-refractivity contribution in [2.24, 2.45) is 0 Å². The van der Waals surface area contributed by atoms with Crippen molar-refractivity contribution in [2.45, 2.75) is 36.8 Å². The van der Waals surface area contributed by atoms with Crippen molar-refractivity contribution in [3.05, 3.63) is 46.1 Å². The van der Waals surface area contributed by atoms with E-state index in [1.54, 1.807) is 25.2 Å². The van der Waals surface area contributed by atoms with E-state index in [-0.39, 0.29) is 23.6 Å².